The molecule has 1 amide bonds. The van der Waals surface area contributed by atoms with Crippen LogP contribution >= 0.6 is 11.8 Å². The highest BCUT2D eigenvalue weighted by Gasteiger charge is 2.26. The molecule has 0 atom stereocenters. The first-order valence-corrected chi connectivity index (χ1v) is 13.4. The lowest BCUT2D eigenvalue weighted by Crippen LogP contribution is -2.26. The Bertz CT molecular complexity index is 1510. The van der Waals surface area contributed by atoms with Crippen molar-refractivity contribution in [1.29, 1.82) is 0 Å². The van der Waals surface area contributed by atoms with Gasteiger partial charge in [0.2, 0.25) is 0 Å². The average molecular weight is 558 g/mol. The number of hydrogen-bond acceptors (Lipinski definition) is 5. The van der Waals surface area contributed by atoms with Gasteiger partial charge in [-0.2, -0.15) is 18.3 Å². The molecular weight excluding hydrogens is 530 g/mol. The third-order valence-corrected chi connectivity index (χ3v) is 7.20. The summed E-state index contributed by atoms with van der Waals surface area (Å²) in [7, 11) is 0. The van der Waals surface area contributed by atoms with E-state index in [1.54, 1.807) is 29.8 Å². The number of anilines is 1. The van der Waals surface area contributed by atoms with Gasteiger partial charge in [-0.3, -0.25) is 4.79 Å². The zero-order chi connectivity index (χ0) is 27.7. The number of fused-ring (bicyclic) bond motifs is 1. The highest BCUT2D eigenvalue weighted by molar-refractivity contribution is 7.99. The number of aryl methyl sites for hydroxylation is 2. The van der Waals surface area contributed by atoms with Crippen molar-refractivity contribution < 1.29 is 22.4 Å². The van der Waals surface area contributed by atoms with Gasteiger partial charge in [0.25, 0.3) is 5.91 Å². The lowest BCUT2D eigenvalue weighted by atomic mass is 10.0. The fourth-order valence-corrected chi connectivity index (χ4v) is 5.24. The van der Waals surface area contributed by atoms with Crippen molar-refractivity contribution in [3.63, 3.8) is 0 Å². The van der Waals surface area contributed by atoms with Crippen LogP contribution in [-0.4, -0.2) is 39.3 Å². The minimum Gasteiger partial charge on any atom is -0.382 e. The van der Waals surface area contributed by atoms with Gasteiger partial charge in [-0.25, -0.2) is 13.9 Å². The Labute approximate surface area is 227 Å². The first-order valence-electron chi connectivity index (χ1n) is 12.6. The Hall–Kier alpha value is -3.60. The van der Waals surface area contributed by atoms with E-state index in [-0.39, 0.29) is 30.7 Å². The number of aromatic nitrogens is 3. The van der Waals surface area contributed by atoms with E-state index < -0.39 is 12.6 Å². The van der Waals surface area contributed by atoms with Crippen LogP contribution < -0.4 is 10.6 Å². The van der Waals surface area contributed by atoms with Crippen LogP contribution in [0.2, 0.25) is 0 Å². The number of benzene rings is 2. The highest BCUT2D eigenvalue weighted by atomic mass is 32.2. The third kappa shape index (κ3) is 6.70. The third-order valence-electron chi connectivity index (χ3n) is 6.32. The van der Waals surface area contributed by atoms with Gasteiger partial charge in [0.05, 0.1) is 17.6 Å². The highest BCUT2D eigenvalue weighted by Crippen LogP contribution is 2.33. The summed E-state index contributed by atoms with van der Waals surface area (Å²) in [6, 6.07) is 12.1. The number of carbonyl (C=O) groups excluding carboxylic acids is 1. The molecule has 1 fully saturated rings. The monoisotopic (exact) mass is 557 g/mol. The molecule has 0 spiro atoms. The van der Waals surface area contributed by atoms with Crippen LogP contribution in [-0.2, 0) is 0 Å². The zero-order valence-electron chi connectivity index (χ0n) is 21.4. The SMILES string of the molecule is Cc1cc(F)cc(Sc2cc(NCCCC(F)(F)F)c3ncc(-c4ccc(C(=O)NC5CC5)c(C)c4)n3n2)c1. The van der Waals surface area contributed by atoms with Crippen LogP contribution in [0.25, 0.3) is 16.9 Å². The topological polar surface area (TPSA) is 71.3 Å². The maximum Gasteiger partial charge on any atom is 0.389 e. The van der Waals surface area contributed by atoms with Crippen molar-refractivity contribution in [2.45, 2.75) is 61.7 Å². The molecule has 204 valence electrons. The summed E-state index contributed by atoms with van der Waals surface area (Å²) >= 11 is 1.24. The second kappa shape index (κ2) is 10.9. The van der Waals surface area contributed by atoms with Crippen molar-refractivity contribution in [2.75, 3.05) is 11.9 Å². The predicted octanol–water partition coefficient (Wildman–Crippen LogP) is 6.95. The van der Waals surface area contributed by atoms with Crippen LogP contribution in [0.1, 0.15) is 47.2 Å². The summed E-state index contributed by atoms with van der Waals surface area (Å²) in [6.07, 6.45) is -1.59. The molecule has 0 unspecified atom stereocenters. The summed E-state index contributed by atoms with van der Waals surface area (Å²) in [5, 5.41) is 11.3. The van der Waals surface area contributed by atoms with Crippen LogP contribution in [0.5, 0.6) is 0 Å². The molecule has 0 radical (unpaired) electrons. The number of hydrogen-bond donors (Lipinski definition) is 2. The molecule has 6 nitrogen and oxygen atoms in total. The maximum atomic E-state index is 14.0. The van der Waals surface area contributed by atoms with Crippen molar-refractivity contribution >= 4 is 29.0 Å². The second-order valence-corrected chi connectivity index (χ2v) is 10.9. The van der Waals surface area contributed by atoms with Gasteiger partial charge in [-0.15, -0.1) is 0 Å². The Morgan fingerprint density at radius 1 is 1.13 bits per heavy atom. The zero-order valence-corrected chi connectivity index (χ0v) is 22.2. The average Bonchev–Trinajstić information content (AvgIpc) is 3.55. The van der Waals surface area contributed by atoms with Crippen molar-refractivity contribution in [2.24, 2.45) is 0 Å². The molecular formula is C28H27F4N5OS. The van der Waals surface area contributed by atoms with Gasteiger partial charge in [-0.05, 0) is 80.6 Å². The number of carbonyl (C=O) groups is 1. The smallest absolute Gasteiger partial charge is 0.382 e. The standard InChI is InChI=1S/C28H27F4N5OS/c1-16-10-19(29)13-21(11-16)39-25-14-23(33-9-3-8-28(30,31)32)26-34-15-24(37(26)36-25)18-4-7-22(17(2)12-18)27(38)35-20-5-6-20/h4,7,10-15,20,33H,3,5-6,8-9H2,1-2H3,(H,35,38). The molecule has 2 aromatic heterocycles. The number of rotatable bonds is 9. The molecule has 39 heavy (non-hydrogen) atoms. The van der Waals surface area contributed by atoms with Crippen LogP contribution in [0.4, 0.5) is 23.2 Å². The van der Waals surface area contributed by atoms with E-state index in [0.29, 0.717) is 32.5 Å². The molecule has 2 N–H and O–H groups in total. The lowest BCUT2D eigenvalue weighted by Gasteiger charge is -2.13. The Kier molecular flexibility index (Phi) is 7.53. The van der Waals surface area contributed by atoms with E-state index in [2.05, 4.69) is 15.6 Å². The first-order chi connectivity index (χ1) is 18.6. The van der Waals surface area contributed by atoms with Gasteiger partial charge in [-0.1, -0.05) is 17.8 Å². The van der Waals surface area contributed by atoms with Crippen LogP contribution in [0, 0.1) is 19.7 Å². The lowest BCUT2D eigenvalue weighted by molar-refractivity contribution is -0.134. The predicted molar refractivity (Wildman–Crippen MR) is 143 cm³/mol. The molecule has 0 aliphatic heterocycles. The molecule has 0 saturated heterocycles. The summed E-state index contributed by atoms with van der Waals surface area (Å²) in [5.74, 6) is -0.471. The van der Waals surface area contributed by atoms with Gasteiger partial charge in [0.1, 0.15) is 10.8 Å². The summed E-state index contributed by atoms with van der Waals surface area (Å²) in [5.41, 5.74) is 4.55. The minimum absolute atomic E-state index is 0.0917. The fraction of sp³-hybridized carbons (Fsp3) is 0.321. The van der Waals surface area contributed by atoms with E-state index in [9.17, 15) is 22.4 Å². The molecule has 4 aromatic rings. The van der Waals surface area contributed by atoms with Gasteiger partial charge >= 0.3 is 6.18 Å². The molecule has 2 heterocycles. The van der Waals surface area contributed by atoms with Crippen LogP contribution in [0.3, 0.4) is 0 Å². The summed E-state index contributed by atoms with van der Waals surface area (Å²) in [6.45, 7) is 3.75. The van der Waals surface area contributed by atoms with E-state index in [1.165, 1.54) is 23.9 Å². The molecule has 2 aromatic carbocycles. The summed E-state index contributed by atoms with van der Waals surface area (Å²) < 4.78 is 53.6. The first kappa shape index (κ1) is 27.0. The van der Waals surface area contributed by atoms with E-state index in [1.807, 2.05) is 25.1 Å². The van der Waals surface area contributed by atoms with E-state index in [0.717, 1.165) is 29.5 Å². The number of imidazole rings is 1. The van der Waals surface area contributed by atoms with Crippen LogP contribution in [0.15, 0.2) is 58.6 Å². The number of nitrogens with one attached hydrogen (secondary N) is 2. The number of nitrogens with zero attached hydrogens (tertiary/aromatic N) is 3. The molecule has 1 saturated carbocycles. The fourth-order valence-electron chi connectivity index (χ4n) is 4.29. The van der Waals surface area contributed by atoms with Gasteiger partial charge in [0.15, 0.2) is 5.65 Å². The Morgan fingerprint density at radius 2 is 1.92 bits per heavy atom. The van der Waals surface area contributed by atoms with Crippen molar-refractivity contribution in [3.05, 3.63) is 71.2 Å². The maximum absolute atomic E-state index is 14.0. The molecule has 11 heteroatoms. The Balaban J connectivity index is 1.49. The number of halogens is 4. The Morgan fingerprint density at radius 3 is 2.62 bits per heavy atom. The van der Waals surface area contributed by atoms with E-state index in [4.69, 9.17) is 5.10 Å². The quantitative estimate of drug-likeness (QED) is 0.172. The number of amides is 1. The van der Waals surface area contributed by atoms with Crippen molar-refractivity contribution in [3.8, 4) is 11.3 Å². The van der Waals surface area contributed by atoms with E-state index >= 15 is 0 Å². The summed E-state index contributed by atoms with van der Waals surface area (Å²) in [4.78, 5) is 17.7. The largest absolute Gasteiger partial charge is 0.389 e. The molecule has 5 rings (SSSR count). The molecule has 1 aliphatic carbocycles. The molecule has 0 bridgehead atoms. The van der Waals surface area contributed by atoms with Crippen molar-refractivity contribution in [1.82, 2.24) is 19.9 Å². The van der Waals surface area contributed by atoms with Gasteiger partial charge in [0, 0.05) is 35.0 Å². The molecule has 1 aliphatic rings. The minimum atomic E-state index is -4.23. The normalized spacial score (nSPS) is 13.6. The second-order valence-electron chi connectivity index (χ2n) is 9.76. The van der Waals surface area contributed by atoms with Gasteiger partial charge < -0.3 is 10.6 Å². The number of alkyl halides is 3.